The minimum absolute atomic E-state index is 0.0501. The molecule has 0 amide bonds. The smallest absolute Gasteiger partial charge is 0.344 e. The largest absolute Gasteiger partial charge is 0.463 e. The second-order valence-electron chi connectivity index (χ2n) is 8.78. The van der Waals surface area contributed by atoms with Gasteiger partial charge in [-0.05, 0) is 69.6 Å². The first-order valence-corrected chi connectivity index (χ1v) is 9.97. The molecule has 4 bridgehead atoms. The van der Waals surface area contributed by atoms with Crippen LogP contribution >= 0.6 is 12.0 Å². The summed E-state index contributed by atoms with van der Waals surface area (Å²) >= 11 is 0.590. The third kappa shape index (κ3) is 4.03. The summed E-state index contributed by atoms with van der Waals surface area (Å²) in [6.45, 7) is 5.28. The number of carbonyl (C=O) groups excluding carboxylic acids is 2. The van der Waals surface area contributed by atoms with Gasteiger partial charge in [0.2, 0.25) is 0 Å². The zero-order valence-electron chi connectivity index (χ0n) is 15.6. The maximum Gasteiger partial charge on any atom is 0.344 e. The summed E-state index contributed by atoms with van der Waals surface area (Å²) in [5, 5.41) is 11.6. The number of hydrogen-bond acceptors (Lipinski definition) is 8. The van der Waals surface area contributed by atoms with E-state index >= 15 is 0 Å². The van der Waals surface area contributed by atoms with Crippen LogP contribution in [0.4, 0.5) is 0 Å². The summed E-state index contributed by atoms with van der Waals surface area (Å²) in [5.74, 6) is 1.82. The molecule has 7 nitrogen and oxygen atoms in total. The Bertz CT molecular complexity index is 520. The Labute approximate surface area is 158 Å². The Morgan fingerprint density at radius 2 is 1.65 bits per heavy atom. The molecule has 1 N–H and O–H groups in total. The monoisotopic (exact) mass is 388 g/mol. The molecule has 0 atom stereocenters. The first-order valence-electron chi connectivity index (χ1n) is 9.23. The number of carbonyl (C=O) groups is 2. The van der Waals surface area contributed by atoms with E-state index in [9.17, 15) is 9.59 Å². The molecular formula is C18H28O7S. The van der Waals surface area contributed by atoms with Gasteiger partial charge in [0.1, 0.15) is 4.75 Å². The molecule has 0 radical (unpaired) electrons. The van der Waals surface area contributed by atoms with Crippen LogP contribution in [0.25, 0.3) is 0 Å². The van der Waals surface area contributed by atoms with Crippen LogP contribution in [0.1, 0.15) is 52.9 Å². The Morgan fingerprint density at radius 3 is 2.19 bits per heavy atom. The highest BCUT2D eigenvalue weighted by Gasteiger charge is 2.55. The minimum Gasteiger partial charge on any atom is -0.463 e. The van der Waals surface area contributed by atoms with Gasteiger partial charge in [0.15, 0.2) is 6.61 Å². The Morgan fingerprint density at radius 1 is 1.08 bits per heavy atom. The average Bonchev–Trinajstić information content (AvgIpc) is 2.60. The van der Waals surface area contributed by atoms with Gasteiger partial charge in [-0.1, -0.05) is 12.0 Å². The summed E-state index contributed by atoms with van der Waals surface area (Å²) < 4.78 is 13.6. The lowest BCUT2D eigenvalue weighted by molar-refractivity contribution is -0.432. The topological polar surface area (TPSA) is 91.3 Å². The van der Waals surface area contributed by atoms with Gasteiger partial charge in [0, 0.05) is 5.41 Å². The van der Waals surface area contributed by atoms with Crippen LogP contribution < -0.4 is 0 Å². The molecule has 4 saturated carbocycles. The van der Waals surface area contributed by atoms with Crippen molar-refractivity contribution in [1.82, 2.24) is 0 Å². The fourth-order valence-corrected chi connectivity index (χ4v) is 5.53. The lowest BCUT2D eigenvalue weighted by Crippen LogP contribution is -2.53. The van der Waals surface area contributed by atoms with E-state index in [1.54, 1.807) is 0 Å². The van der Waals surface area contributed by atoms with Crippen molar-refractivity contribution >= 4 is 24.0 Å². The molecular weight excluding hydrogens is 360 g/mol. The van der Waals surface area contributed by atoms with Crippen LogP contribution in [0.15, 0.2) is 0 Å². The Hall–Kier alpha value is -0.830. The quantitative estimate of drug-likeness (QED) is 0.293. The van der Waals surface area contributed by atoms with Crippen molar-refractivity contribution in [3.8, 4) is 0 Å². The Kier molecular flexibility index (Phi) is 5.86. The second kappa shape index (κ2) is 7.66. The van der Waals surface area contributed by atoms with Crippen molar-refractivity contribution in [2.24, 2.45) is 29.1 Å². The first kappa shape index (κ1) is 19.9. The van der Waals surface area contributed by atoms with Crippen molar-refractivity contribution in [2.75, 3.05) is 13.2 Å². The highest BCUT2D eigenvalue weighted by Crippen LogP contribution is 2.62. The van der Waals surface area contributed by atoms with Gasteiger partial charge in [-0.3, -0.25) is 4.79 Å². The minimum atomic E-state index is -1.13. The molecule has 0 heterocycles. The van der Waals surface area contributed by atoms with Gasteiger partial charge >= 0.3 is 11.9 Å². The molecule has 8 heteroatoms. The third-order valence-electron chi connectivity index (χ3n) is 6.63. The summed E-state index contributed by atoms with van der Waals surface area (Å²) in [5.41, 5.74) is 0.0501. The SMILES string of the molecule is CC(C)(SOOO)C(=O)OCC(=O)OCC1(C)C2CC3CC(C2)CC1C3. The van der Waals surface area contributed by atoms with E-state index in [2.05, 4.69) is 16.3 Å². The second-order valence-corrected chi connectivity index (χ2v) is 10.1. The highest BCUT2D eigenvalue weighted by atomic mass is 32.2. The van der Waals surface area contributed by atoms with Crippen molar-refractivity contribution < 1.29 is 33.7 Å². The zero-order valence-corrected chi connectivity index (χ0v) is 16.4. The summed E-state index contributed by atoms with van der Waals surface area (Å²) in [4.78, 5) is 24.0. The third-order valence-corrected chi connectivity index (χ3v) is 7.35. The predicted octanol–water partition coefficient (Wildman–Crippen LogP) is 3.38. The highest BCUT2D eigenvalue weighted by molar-refractivity contribution is 7.96. The molecule has 0 aromatic carbocycles. The van der Waals surface area contributed by atoms with E-state index in [0.717, 1.165) is 11.8 Å². The molecule has 148 valence electrons. The predicted molar refractivity (Wildman–Crippen MR) is 93.5 cm³/mol. The van der Waals surface area contributed by atoms with E-state index in [4.69, 9.17) is 14.7 Å². The van der Waals surface area contributed by atoms with E-state index < -0.39 is 23.3 Å². The molecule has 0 aliphatic heterocycles. The summed E-state index contributed by atoms with van der Waals surface area (Å²) in [6, 6.07) is 0. The van der Waals surface area contributed by atoms with Crippen molar-refractivity contribution in [3.63, 3.8) is 0 Å². The normalized spacial score (nSPS) is 35.4. The summed E-state index contributed by atoms with van der Waals surface area (Å²) in [6.07, 6.45) is 6.42. The number of esters is 2. The van der Waals surface area contributed by atoms with Crippen LogP contribution in [-0.2, 0) is 28.4 Å². The maximum absolute atomic E-state index is 12.1. The van der Waals surface area contributed by atoms with Gasteiger partial charge in [0.05, 0.1) is 18.6 Å². The van der Waals surface area contributed by atoms with Crippen LogP contribution in [0.3, 0.4) is 0 Å². The fraction of sp³-hybridized carbons (Fsp3) is 0.889. The van der Waals surface area contributed by atoms with Crippen LogP contribution in [-0.4, -0.2) is 35.2 Å². The lowest BCUT2D eigenvalue weighted by Gasteiger charge is -2.59. The van der Waals surface area contributed by atoms with Gasteiger partial charge in [-0.2, -0.15) is 0 Å². The van der Waals surface area contributed by atoms with Gasteiger partial charge in [-0.15, -0.1) is 4.33 Å². The van der Waals surface area contributed by atoms with Crippen LogP contribution in [0.2, 0.25) is 0 Å². The first-order chi connectivity index (χ1) is 12.2. The summed E-state index contributed by atoms with van der Waals surface area (Å²) in [7, 11) is 0. The molecule has 4 rings (SSSR count). The lowest BCUT2D eigenvalue weighted by atomic mass is 9.46. The molecule has 0 saturated heterocycles. The van der Waals surface area contributed by atoms with Crippen molar-refractivity contribution in [3.05, 3.63) is 0 Å². The van der Waals surface area contributed by atoms with E-state index in [0.29, 0.717) is 30.5 Å². The molecule has 0 unspecified atom stereocenters. The molecule has 0 spiro atoms. The van der Waals surface area contributed by atoms with Crippen molar-refractivity contribution in [2.45, 2.75) is 57.6 Å². The molecule has 26 heavy (non-hydrogen) atoms. The maximum atomic E-state index is 12.1. The molecule has 4 fully saturated rings. The van der Waals surface area contributed by atoms with Gasteiger partial charge in [0.25, 0.3) is 0 Å². The zero-order chi connectivity index (χ0) is 18.9. The number of ether oxygens (including phenoxy) is 2. The molecule has 0 aromatic heterocycles. The Balaban J connectivity index is 1.45. The molecule has 4 aliphatic carbocycles. The average molecular weight is 388 g/mol. The molecule has 0 aromatic rings. The standard InChI is InChI=1S/C18H28O7S/c1-17(2,26-25-24-21)16(20)22-9-15(19)23-10-18(3)13-5-11-4-12(7-13)8-14(18)6-11/h11-14,21H,4-10H2,1-3H3. The van der Waals surface area contributed by atoms with Crippen LogP contribution in [0, 0.1) is 29.1 Å². The van der Waals surface area contributed by atoms with Gasteiger partial charge < -0.3 is 9.47 Å². The van der Waals surface area contributed by atoms with Crippen molar-refractivity contribution in [1.29, 1.82) is 0 Å². The van der Waals surface area contributed by atoms with Crippen LogP contribution in [0.5, 0.6) is 0 Å². The number of hydrogen-bond donors (Lipinski definition) is 1. The molecule has 4 aliphatic rings. The van der Waals surface area contributed by atoms with E-state index in [1.807, 2.05) is 0 Å². The number of rotatable bonds is 8. The van der Waals surface area contributed by atoms with E-state index in [1.165, 1.54) is 46.0 Å². The van der Waals surface area contributed by atoms with Gasteiger partial charge in [-0.25, -0.2) is 10.1 Å². The fourth-order valence-electron chi connectivity index (χ4n) is 5.21. The van der Waals surface area contributed by atoms with E-state index in [-0.39, 0.29) is 5.41 Å².